The van der Waals surface area contributed by atoms with Crippen LogP contribution in [-0.2, 0) is 25.4 Å². The van der Waals surface area contributed by atoms with Gasteiger partial charge in [0, 0.05) is 37.7 Å². The molecule has 5 aromatic rings. The molecule has 0 unspecified atom stereocenters. The van der Waals surface area contributed by atoms with Crippen LogP contribution in [0.25, 0.3) is 28.1 Å². The minimum absolute atomic E-state index is 0.261. The standard InChI is InChI=1S/C23H21N7O3/c1-14-5-4-10-29-11-17(26-20(14)29)15-6-8-16(9-7-15)25-18(31)12-30-22(32)19-21(24-13-27(19)2)28(3)23(30)33/h4-11,13H,12H2,1-3H3,(H,25,31). The number of carbonyl (C=O) groups excluding carboxylic acids is 1. The van der Waals surface area contributed by atoms with E-state index in [0.717, 1.165) is 27.0 Å². The van der Waals surface area contributed by atoms with Crippen LogP contribution in [0, 0.1) is 6.92 Å². The number of hydrogen-bond acceptors (Lipinski definition) is 5. The molecular formula is C23H21N7O3. The van der Waals surface area contributed by atoms with E-state index in [1.807, 2.05) is 48.0 Å². The second-order valence-electron chi connectivity index (χ2n) is 7.93. The third kappa shape index (κ3) is 3.41. The van der Waals surface area contributed by atoms with Gasteiger partial charge in [-0.25, -0.2) is 19.3 Å². The van der Waals surface area contributed by atoms with Gasteiger partial charge in [-0.15, -0.1) is 0 Å². The summed E-state index contributed by atoms with van der Waals surface area (Å²) < 4.78 is 5.67. The molecule has 10 heteroatoms. The van der Waals surface area contributed by atoms with Crippen LogP contribution in [0.15, 0.2) is 64.7 Å². The molecule has 10 nitrogen and oxygen atoms in total. The molecule has 166 valence electrons. The van der Waals surface area contributed by atoms with Crippen LogP contribution >= 0.6 is 0 Å². The van der Waals surface area contributed by atoms with E-state index < -0.39 is 23.7 Å². The lowest BCUT2D eigenvalue weighted by Crippen LogP contribution is -2.42. The van der Waals surface area contributed by atoms with Gasteiger partial charge in [0.2, 0.25) is 5.91 Å². The van der Waals surface area contributed by atoms with Crippen molar-refractivity contribution in [2.24, 2.45) is 14.1 Å². The minimum Gasteiger partial charge on any atom is -0.328 e. The number of nitrogens with zero attached hydrogens (tertiary/aromatic N) is 6. The van der Waals surface area contributed by atoms with Crippen molar-refractivity contribution in [3.63, 3.8) is 0 Å². The first-order valence-corrected chi connectivity index (χ1v) is 10.3. The van der Waals surface area contributed by atoms with Crippen molar-refractivity contribution in [3.05, 3.63) is 81.5 Å². The average Bonchev–Trinajstić information content (AvgIpc) is 3.41. The van der Waals surface area contributed by atoms with E-state index in [1.165, 1.54) is 22.5 Å². The Kier molecular flexibility index (Phi) is 4.70. The van der Waals surface area contributed by atoms with E-state index in [-0.39, 0.29) is 11.2 Å². The van der Waals surface area contributed by atoms with Gasteiger partial charge in [0.15, 0.2) is 11.2 Å². The zero-order valence-electron chi connectivity index (χ0n) is 18.3. The largest absolute Gasteiger partial charge is 0.332 e. The molecule has 0 saturated carbocycles. The smallest absolute Gasteiger partial charge is 0.328 e. The van der Waals surface area contributed by atoms with Crippen molar-refractivity contribution in [2.75, 3.05) is 5.32 Å². The molecule has 0 aliphatic heterocycles. The normalized spacial score (nSPS) is 11.4. The fourth-order valence-electron chi connectivity index (χ4n) is 3.90. The van der Waals surface area contributed by atoms with Crippen molar-refractivity contribution in [3.8, 4) is 11.3 Å². The summed E-state index contributed by atoms with van der Waals surface area (Å²) in [6, 6.07) is 11.2. The Bertz CT molecular complexity index is 1650. The molecule has 5 rings (SSSR count). The van der Waals surface area contributed by atoms with Crippen LogP contribution in [0.4, 0.5) is 5.69 Å². The van der Waals surface area contributed by atoms with Gasteiger partial charge in [0.1, 0.15) is 12.2 Å². The molecule has 1 N–H and O–H groups in total. The molecule has 4 heterocycles. The fraction of sp³-hybridized carbons (Fsp3) is 0.174. The SMILES string of the molecule is Cc1cccn2cc(-c3ccc(NC(=O)Cn4c(=O)c5c(ncn5C)n(C)c4=O)cc3)nc12. The molecule has 0 fully saturated rings. The van der Waals surface area contributed by atoms with E-state index in [4.69, 9.17) is 0 Å². The summed E-state index contributed by atoms with van der Waals surface area (Å²) in [6.45, 7) is 1.61. The molecular weight excluding hydrogens is 422 g/mol. The number of pyridine rings is 1. The highest BCUT2D eigenvalue weighted by Crippen LogP contribution is 2.22. The molecule has 0 aliphatic rings. The van der Waals surface area contributed by atoms with Gasteiger partial charge >= 0.3 is 5.69 Å². The molecule has 0 saturated heterocycles. The number of hydrogen-bond donors (Lipinski definition) is 1. The topological polar surface area (TPSA) is 108 Å². The number of fused-ring (bicyclic) bond motifs is 2. The Labute approximate surface area is 187 Å². The maximum absolute atomic E-state index is 12.8. The molecule has 4 aromatic heterocycles. The van der Waals surface area contributed by atoms with Crippen molar-refractivity contribution >= 4 is 28.4 Å². The highest BCUT2D eigenvalue weighted by molar-refractivity contribution is 5.91. The lowest BCUT2D eigenvalue weighted by Gasteiger charge is -2.09. The summed E-state index contributed by atoms with van der Waals surface area (Å²) in [5.41, 5.74) is 3.64. The highest BCUT2D eigenvalue weighted by Gasteiger charge is 2.17. The zero-order valence-corrected chi connectivity index (χ0v) is 18.3. The lowest BCUT2D eigenvalue weighted by atomic mass is 10.1. The first-order chi connectivity index (χ1) is 15.8. The van der Waals surface area contributed by atoms with E-state index >= 15 is 0 Å². The number of aromatic nitrogens is 6. The van der Waals surface area contributed by atoms with Crippen molar-refractivity contribution in [1.82, 2.24) is 28.1 Å². The Balaban J connectivity index is 1.38. The van der Waals surface area contributed by atoms with E-state index in [2.05, 4.69) is 15.3 Å². The number of aryl methyl sites for hydroxylation is 3. The summed E-state index contributed by atoms with van der Waals surface area (Å²) in [5.74, 6) is -0.480. The molecule has 1 amide bonds. The molecule has 1 aromatic carbocycles. The van der Waals surface area contributed by atoms with Crippen LogP contribution in [0.3, 0.4) is 0 Å². The Morgan fingerprint density at radius 3 is 2.55 bits per heavy atom. The summed E-state index contributed by atoms with van der Waals surface area (Å²) in [5, 5.41) is 2.74. The molecule has 0 bridgehead atoms. The number of imidazole rings is 2. The van der Waals surface area contributed by atoms with E-state index in [9.17, 15) is 14.4 Å². The maximum atomic E-state index is 12.8. The first kappa shape index (κ1) is 20.4. The zero-order chi connectivity index (χ0) is 23.3. The van der Waals surface area contributed by atoms with Crippen molar-refractivity contribution in [1.29, 1.82) is 0 Å². The predicted octanol–water partition coefficient (Wildman–Crippen LogP) is 1.70. The molecule has 0 radical (unpaired) electrons. The van der Waals surface area contributed by atoms with Gasteiger partial charge in [-0.2, -0.15) is 0 Å². The first-order valence-electron chi connectivity index (χ1n) is 10.3. The van der Waals surface area contributed by atoms with E-state index in [0.29, 0.717) is 5.69 Å². The van der Waals surface area contributed by atoms with Gasteiger partial charge in [0.25, 0.3) is 5.56 Å². The Morgan fingerprint density at radius 2 is 1.82 bits per heavy atom. The van der Waals surface area contributed by atoms with Crippen LogP contribution in [0.1, 0.15) is 5.56 Å². The molecule has 0 atom stereocenters. The van der Waals surface area contributed by atoms with Gasteiger partial charge in [-0.05, 0) is 30.7 Å². The van der Waals surface area contributed by atoms with Crippen molar-refractivity contribution < 1.29 is 4.79 Å². The highest BCUT2D eigenvalue weighted by atomic mass is 16.2. The number of rotatable bonds is 4. The minimum atomic E-state index is -0.598. The molecule has 0 aliphatic carbocycles. The van der Waals surface area contributed by atoms with Gasteiger partial charge < -0.3 is 14.3 Å². The fourth-order valence-corrected chi connectivity index (χ4v) is 3.90. The summed E-state index contributed by atoms with van der Waals surface area (Å²) in [7, 11) is 3.18. The Morgan fingerprint density at radius 1 is 1.06 bits per heavy atom. The monoisotopic (exact) mass is 443 g/mol. The predicted molar refractivity (Wildman–Crippen MR) is 124 cm³/mol. The third-order valence-electron chi connectivity index (χ3n) is 5.65. The number of anilines is 1. The van der Waals surface area contributed by atoms with Gasteiger partial charge in [0.05, 0.1) is 12.0 Å². The van der Waals surface area contributed by atoms with Gasteiger partial charge in [-0.3, -0.25) is 14.2 Å². The second-order valence-corrected chi connectivity index (χ2v) is 7.93. The third-order valence-corrected chi connectivity index (χ3v) is 5.65. The second kappa shape index (κ2) is 7.59. The molecule has 0 spiro atoms. The number of carbonyl (C=O) groups is 1. The van der Waals surface area contributed by atoms with E-state index in [1.54, 1.807) is 19.2 Å². The van der Waals surface area contributed by atoms with Gasteiger partial charge in [-0.1, -0.05) is 18.2 Å². The summed E-state index contributed by atoms with van der Waals surface area (Å²) >= 11 is 0. The van der Waals surface area contributed by atoms with Crippen LogP contribution in [-0.4, -0.2) is 34.0 Å². The molecule has 33 heavy (non-hydrogen) atoms. The van der Waals surface area contributed by atoms with Crippen molar-refractivity contribution in [2.45, 2.75) is 13.5 Å². The quantitative estimate of drug-likeness (QED) is 0.455. The number of amides is 1. The number of nitrogens with one attached hydrogen (secondary N) is 1. The average molecular weight is 443 g/mol. The van der Waals surface area contributed by atoms with Crippen LogP contribution in [0.2, 0.25) is 0 Å². The van der Waals surface area contributed by atoms with Crippen LogP contribution < -0.4 is 16.6 Å². The number of benzene rings is 1. The Hall–Kier alpha value is -4.47. The van der Waals surface area contributed by atoms with Crippen LogP contribution in [0.5, 0.6) is 0 Å². The lowest BCUT2D eigenvalue weighted by molar-refractivity contribution is -0.116. The summed E-state index contributed by atoms with van der Waals surface area (Å²) in [4.78, 5) is 46.7. The summed E-state index contributed by atoms with van der Waals surface area (Å²) in [6.07, 6.45) is 5.36. The maximum Gasteiger partial charge on any atom is 0.332 e.